The van der Waals surface area contributed by atoms with E-state index in [1.54, 1.807) is 22.7 Å². The topological polar surface area (TPSA) is 62.2 Å². The van der Waals surface area contributed by atoms with Crippen LogP contribution in [-0.4, -0.2) is 29.0 Å². The van der Waals surface area contributed by atoms with Crippen molar-refractivity contribution in [1.29, 1.82) is 0 Å². The molecule has 0 amide bonds. The zero-order chi connectivity index (χ0) is 19.1. The first-order chi connectivity index (χ1) is 13.2. The lowest BCUT2D eigenvalue weighted by atomic mass is 10.2. The normalized spacial score (nSPS) is 12.1. The van der Waals surface area contributed by atoms with Crippen molar-refractivity contribution < 1.29 is 0 Å². The van der Waals surface area contributed by atoms with Crippen molar-refractivity contribution in [3.63, 3.8) is 0 Å². The van der Waals surface area contributed by atoms with E-state index >= 15 is 0 Å². The minimum absolute atomic E-state index is 0.466. The third-order valence-corrected chi connectivity index (χ3v) is 6.02. The molecular weight excluding hydrogens is 374 g/mol. The highest BCUT2D eigenvalue weighted by atomic mass is 32.1. The van der Waals surface area contributed by atoms with Gasteiger partial charge in [-0.05, 0) is 31.4 Å². The summed E-state index contributed by atoms with van der Waals surface area (Å²) in [5.41, 5.74) is 2.25. The Kier molecular flexibility index (Phi) is 7.18. The van der Waals surface area contributed by atoms with Gasteiger partial charge < -0.3 is 10.6 Å². The van der Waals surface area contributed by atoms with Gasteiger partial charge in [0, 0.05) is 24.9 Å². The van der Waals surface area contributed by atoms with Crippen LogP contribution >= 0.6 is 22.7 Å². The molecule has 2 aromatic heterocycles. The van der Waals surface area contributed by atoms with Crippen LogP contribution in [0.4, 0.5) is 0 Å². The zero-order valence-corrected chi connectivity index (χ0v) is 17.8. The fourth-order valence-electron chi connectivity index (χ4n) is 2.62. The summed E-state index contributed by atoms with van der Waals surface area (Å²) in [6.45, 7) is 8.75. The average molecular weight is 402 g/mol. The van der Waals surface area contributed by atoms with Gasteiger partial charge in [-0.15, -0.1) is 22.7 Å². The quantitative estimate of drug-likeness (QED) is 0.330. The first-order valence-electron chi connectivity index (χ1n) is 9.46. The molecule has 1 aromatic carbocycles. The monoisotopic (exact) mass is 401 g/mol. The van der Waals surface area contributed by atoms with Crippen molar-refractivity contribution in [1.82, 2.24) is 20.6 Å². The van der Waals surface area contributed by atoms with Crippen LogP contribution in [0.2, 0.25) is 0 Å². The van der Waals surface area contributed by atoms with Gasteiger partial charge in [0.05, 0.1) is 27.5 Å². The number of aromatic nitrogens is 2. The van der Waals surface area contributed by atoms with Crippen molar-refractivity contribution in [2.45, 2.75) is 46.1 Å². The van der Waals surface area contributed by atoms with Gasteiger partial charge in [0.25, 0.3) is 0 Å². The molecule has 0 saturated heterocycles. The summed E-state index contributed by atoms with van der Waals surface area (Å²) in [5.74, 6) is 1.32. The van der Waals surface area contributed by atoms with E-state index in [1.807, 2.05) is 6.07 Å². The summed E-state index contributed by atoms with van der Waals surface area (Å²) >= 11 is 3.47. The largest absolute Gasteiger partial charge is 0.357 e. The smallest absolute Gasteiger partial charge is 0.191 e. The van der Waals surface area contributed by atoms with Gasteiger partial charge in [-0.2, -0.15) is 0 Å². The Bertz CT molecular complexity index is 848. The number of thiazole rings is 2. The predicted octanol–water partition coefficient (Wildman–Crippen LogP) is 4.56. The molecule has 27 heavy (non-hydrogen) atoms. The summed E-state index contributed by atoms with van der Waals surface area (Å²) in [4.78, 5) is 14.0. The number of hydrogen-bond donors (Lipinski definition) is 2. The van der Waals surface area contributed by atoms with E-state index in [4.69, 9.17) is 4.98 Å². The summed E-state index contributed by atoms with van der Waals surface area (Å²) in [6, 6.07) is 8.32. The molecule has 0 aliphatic rings. The number of fused-ring (bicyclic) bond motifs is 1. The Hall–Kier alpha value is -1.99. The van der Waals surface area contributed by atoms with Crippen molar-refractivity contribution >= 4 is 38.8 Å². The standard InChI is InChI=1S/C20H27N5S2/c1-4-21-20(23-12-19-25-16(13-26-19)14(2)3)22-11-7-10-18-24-15-8-5-6-9-17(15)27-18/h5-6,8-9,13-14H,4,7,10-12H2,1-3H3,(H2,21,22,23). The number of guanidine groups is 1. The highest BCUT2D eigenvalue weighted by molar-refractivity contribution is 7.18. The first-order valence-corrected chi connectivity index (χ1v) is 11.2. The van der Waals surface area contributed by atoms with Gasteiger partial charge in [0.15, 0.2) is 5.96 Å². The minimum Gasteiger partial charge on any atom is -0.357 e. The van der Waals surface area contributed by atoms with Crippen LogP contribution in [0.1, 0.15) is 48.8 Å². The van der Waals surface area contributed by atoms with Crippen molar-refractivity contribution in [2.24, 2.45) is 4.99 Å². The maximum Gasteiger partial charge on any atom is 0.191 e. The molecule has 0 bridgehead atoms. The third-order valence-electron chi connectivity index (χ3n) is 4.08. The van der Waals surface area contributed by atoms with Gasteiger partial charge >= 0.3 is 0 Å². The van der Waals surface area contributed by atoms with E-state index in [0.29, 0.717) is 12.5 Å². The van der Waals surface area contributed by atoms with Gasteiger partial charge in [0.2, 0.25) is 0 Å². The number of para-hydroxylation sites is 1. The third kappa shape index (κ3) is 5.74. The number of aliphatic imine (C=N–C) groups is 1. The molecule has 0 radical (unpaired) electrons. The molecule has 0 atom stereocenters. The van der Waals surface area contributed by atoms with Crippen LogP contribution < -0.4 is 10.6 Å². The molecule has 0 saturated carbocycles. The molecule has 0 unspecified atom stereocenters. The Morgan fingerprint density at radius 1 is 1.15 bits per heavy atom. The molecular formula is C20H27N5S2. The van der Waals surface area contributed by atoms with Crippen molar-refractivity contribution in [3.05, 3.63) is 45.4 Å². The molecule has 3 aromatic rings. The van der Waals surface area contributed by atoms with Gasteiger partial charge in [-0.3, -0.25) is 0 Å². The van der Waals surface area contributed by atoms with Crippen LogP contribution in [0.5, 0.6) is 0 Å². The van der Waals surface area contributed by atoms with E-state index in [9.17, 15) is 0 Å². The lowest BCUT2D eigenvalue weighted by molar-refractivity contribution is 0.741. The van der Waals surface area contributed by atoms with E-state index < -0.39 is 0 Å². The second-order valence-electron chi connectivity index (χ2n) is 6.62. The molecule has 144 valence electrons. The highest BCUT2D eigenvalue weighted by Gasteiger charge is 2.06. The molecule has 0 spiro atoms. The van der Waals surface area contributed by atoms with Crippen LogP contribution in [0.15, 0.2) is 34.6 Å². The Balaban J connectivity index is 1.48. The van der Waals surface area contributed by atoms with E-state index in [2.05, 4.69) is 65.0 Å². The summed E-state index contributed by atoms with van der Waals surface area (Å²) in [5, 5.41) is 11.1. The number of hydrogen-bond acceptors (Lipinski definition) is 5. The van der Waals surface area contributed by atoms with Crippen molar-refractivity contribution in [2.75, 3.05) is 13.1 Å². The summed E-state index contributed by atoms with van der Waals surface area (Å²) in [6.07, 6.45) is 2.01. The number of nitrogens with zero attached hydrogens (tertiary/aromatic N) is 3. The molecule has 2 heterocycles. The second-order valence-corrected chi connectivity index (χ2v) is 8.68. The van der Waals surface area contributed by atoms with Crippen LogP contribution in [-0.2, 0) is 13.0 Å². The van der Waals surface area contributed by atoms with Gasteiger partial charge in [-0.25, -0.2) is 15.0 Å². The molecule has 2 N–H and O–H groups in total. The maximum absolute atomic E-state index is 4.70. The number of rotatable bonds is 8. The molecule has 0 fully saturated rings. The van der Waals surface area contributed by atoms with Crippen molar-refractivity contribution in [3.8, 4) is 0 Å². The minimum atomic E-state index is 0.466. The van der Waals surface area contributed by atoms with Crippen LogP contribution in [0, 0.1) is 0 Å². The first kappa shape index (κ1) is 19.8. The predicted molar refractivity (Wildman–Crippen MR) is 117 cm³/mol. The summed E-state index contributed by atoms with van der Waals surface area (Å²) < 4.78 is 1.26. The number of benzene rings is 1. The number of aryl methyl sites for hydroxylation is 1. The molecule has 3 rings (SSSR count). The highest BCUT2D eigenvalue weighted by Crippen LogP contribution is 2.22. The lowest BCUT2D eigenvalue weighted by Crippen LogP contribution is -2.37. The molecule has 5 nitrogen and oxygen atoms in total. The SMILES string of the molecule is CCNC(=NCc1nc(C(C)C)cs1)NCCCc1nc2ccccc2s1. The number of nitrogens with one attached hydrogen (secondary N) is 2. The fourth-order valence-corrected chi connectivity index (χ4v) is 4.51. The Morgan fingerprint density at radius 2 is 2.00 bits per heavy atom. The van der Waals surface area contributed by atoms with Crippen LogP contribution in [0.3, 0.4) is 0 Å². The second kappa shape index (κ2) is 9.80. The molecule has 0 aliphatic heterocycles. The van der Waals surface area contributed by atoms with E-state index in [0.717, 1.165) is 48.1 Å². The lowest BCUT2D eigenvalue weighted by Gasteiger charge is -2.10. The fraction of sp³-hybridized carbons (Fsp3) is 0.450. The maximum atomic E-state index is 4.70. The Morgan fingerprint density at radius 3 is 2.74 bits per heavy atom. The van der Waals surface area contributed by atoms with Gasteiger partial charge in [0.1, 0.15) is 5.01 Å². The summed E-state index contributed by atoms with van der Waals surface area (Å²) in [7, 11) is 0. The average Bonchev–Trinajstić information content (AvgIpc) is 3.29. The zero-order valence-electron chi connectivity index (χ0n) is 16.2. The Labute approximate surface area is 169 Å². The van der Waals surface area contributed by atoms with Gasteiger partial charge in [-0.1, -0.05) is 26.0 Å². The van der Waals surface area contributed by atoms with E-state index in [1.165, 1.54) is 9.71 Å². The van der Waals surface area contributed by atoms with Crippen LogP contribution in [0.25, 0.3) is 10.2 Å². The molecule has 7 heteroatoms. The van der Waals surface area contributed by atoms with E-state index in [-0.39, 0.29) is 0 Å². The molecule has 0 aliphatic carbocycles.